The van der Waals surface area contributed by atoms with Crippen LogP contribution in [0.4, 0.5) is 5.69 Å². The molecule has 1 aliphatic carbocycles. The lowest BCUT2D eigenvalue weighted by Crippen LogP contribution is -2.15. The van der Waals surface area contributed by atoms with E-state index in [1.54, 1.807) is 6.07 Å². The fraction of sp³-hybridized carbons (Fsp3) is 0.400. The van der Waals surface area contributed by atoms with Crippen molar-refractivity contribution in [1.29, 1.82) is 0 Å². The van der Waals surface area contributed by atoms with Crippen molar-refractivity contribution in [1.82, 2.24) is 4.98 Å². The van der Waals surface area contributed by atoms with E-state index in [1.165, 1.54) is 6.20 Å². The highest BCUT2D eigenvalue weighted by Crippen LogP contribution is 2.39. The summed E-state index contributed by atoms with van der Waals surface area (Å²) in [5.74, 6) is 0.694. The fourth-order valence-electron chi connectivity index (χ4n) is 1.42. The molecule has 1 fully saturated rings. The van der Waals surface area contributed by atoms with Gasteiger partial charge in [0.1, 0.15) is 4.60 Å². The van der Waals surface area contributed by atoms with E-state index in [-0.39, 0.29) is 11.8 Å². The van der Waals surface area contributed by atoms with E-state index < -0.39 is 0 Å². The molecule has 0 saturated heterocycles. The van der Waals surface area contributed by atoms with Crippen LogP contribution in [0.15, 0.2) is 16.9 Å². The van der Waals surface area contributed by atoms with Gasteiger partial charge in [-0.25, -0.2) is 4.98 Å². The number of hydrogen-bond donors (Lipinski definition) is 1. The maximum absolute atomic E-state index is 11.6. The van der Waals surface area contributed by atoms with Gasteiger partial charge < -0.3 is 5.32 Å². The Labute approximate surface area is 101 Å². The molecule has 0 aliphatic heterocycles. The maximum atomic E-state index is 11.6. The summed E-state index contributed by atoms with van der Waals surface area (Å²) < 4.78 is 0.605. The Morgan fingerprint density at radius 1 is 1.73 bits per heavy atom. The summed E-state index contributed by atoms with van der Waals surface area (Å²) >= 11 is 9.05. The third-order valence-corrected chi connectivity index (χ3v) is 3.35. The molecular weight excluding hydrogens is 279 g/mol. The van der Waals surface area contributed by atoms with Crippen molar-refractivity contribution >= 4 is 39.1 Å². The molecule has 3 nitrogen and oxygen atoms in total. The number of nitrogens with one attached hydrogen (secondary N) is 1. The van der Waals surface area contributed by atoms with E-state index in [0.29, 0.717) is 21.2 Å². The van der Waals surface area contributed by atoms with E-state index in [1.807, 2.05) is 0 Å². The second kappa shape index (κ2) is 4.10. The highest BCUT2D eigenvalue weighted by molar-refractivity contribution is 9.10. The first kappa shape index (κ1) is 10.9. The molecule has 0 spiro atoms. The second-order valence-electron chi connectivity index (χ2n) is 3.80. The molecule has 2 rings (SSSR count). The van der Waals surface area contributed by atoms with Crippen LogP contribution in [0.2, 0.25) is 5.02 Å². The molecule has 1 saturated carbocycles. The fourth-order valence-corrected chi connectivity index (χ4v) is 1.90. The number of carbonyl (C=O) groups excluding carboxylic acids is 1. The molecule has 15 heavy (non-hydrogen) atoms. The molecule has 2 atom stereocenters. The molecule has 80 valence electrons. The quantitative estimate of drug-likeness (QED) is 0.850. The highest BCUT2D eigenvalue weighted by atomic mass is 79.9. The van der Waals surface area contributed by atoms with Gasteiger partial charge in [0.05, 0.1) is 10.7 Å². The van der Waals surface area contributed by atoms with Crippen molar-refractivity contribution in [2.45, 2.75) is 13.3 Å². The number of carbonyl (C=O) groups is 1. The summed E-state index contributed by atoms with van der Waals surface area (Å²) in [6.45, 7) is 2.06. The molecule has 0 aromatic carbocycles. The average Bonchev–Trinajstić information content (AvgIpc) is 2.89. The molecule has 1 N–H and O–H groups in total. The number of pyridine rings is 1. The van der Waals surface area contributed by atoms with Crippen LogP contribution in [0.5, 0.6) is 0 Å². The maximum Gasteiger partial charge on any atom is 0.227 e. The van der Waals surface area contributed by atoms with E-state index in [0.717, 1.165) is 6.42 Å². The summed E-state index contributed by atoms with van der Waals surface area (Å²) in [6.07, 6.45) is 2.50. The number of nitrogens with zero attached hydrogens (tertiary/aromatic N) is 1. The minimum absolute atomic E-state index is 0.0484. The van der Waals surface area contributed by atoms with Crippen LogP contribution < -0.4 is 5.32 Å². The average molecular weight is 290 g/mol. The van der Waals surface area contributed by atoms with Gasteiger partial charge in [-0.1, -0.05) is 18.5 Å². The summed E-state index contributed by atoms with van der Waals surface area (Å²) in [6, 6.07) is 1.68. The molecule has 1 aliphatic rings. The van der Waals surface area contributed by atoms with Crippen molar-refractivity contribution in [3.63, 3.8) is 0 Å². The lowest BCUT2D eigenvalue weighted by Gasteiger charge is -2.06. The first-order valence-corrected chi connectivity index (χ1v) is 5.87. The first-order chi connectivity index (χ1) is 7.08. The summed E-state index contributed by atoms with van der Waals surface area (Å²) in [7, 11) is 0. The third kappa shape index (κ3) is 2.49. The highest BCUT2D eigenvalue weighted by Gasteiger charge is 2.39. The van der Waals surface area contributed by atoms with E-state index in [4.69, 9.17) is 11.6 Å². The Balaban J connectivity index is 2.10. The smallest absolute Gasteiger partial charge is 0.227 e. The van der Waals surface area contributed by atoms with Gasteiger partial charge in [0.25, 0.3) is 0 Å². The molecule has 0 bridgehead atoms. The zero-order chi connectivity index (χ0) is 11.0. The lowest BCUT2D eigenvalue weighted by atomic mass is 10.3. The number of aromatic nitrogens is 1. The summed E-state index contributed by atoms with van der Waals surface area (Å²) in [5, 5.41) is 3.32. The van der Waals surface area contributed by atoms with Crippen molar-refractivity contribution in [2.75, 3.05) is 5.32 Å². The van der Waals surface area contributed by atoms with Gasteiger partial charge in [-0.2, -0.15) is 0 Å². The Hall–Kier alpha value is -0.610. The number of amides is 1. The summed E-state index contributed by atoms with van der Waals surface area (Å²) in [5.41, 5.74) is 0.631. The van der Waals surface area contributed by atoms with Crippen molar-refractivity contribution in [3.8, 4) is 0 Å². The van der Waals surface area contributed by atoms with Crippen LogP contribution in [-0.4, -0.2) is 10.9 Å². The predicted molar refractivity (Wildman–Crippen MR) is 62.8 cm³/mol. The molecular formula is C10H10BrClN2O. The Bertz CT molecular complexity index is 410. The number of hydrogen-bond acceptors (Lipinski definition) is 2. The predicted octanol–water partition coefficient (Wildman–Crippen LogP) is 3.09. The monoisotopic (exact) mass is 288 g/mol. The van der Waals surface area contributed by atoms with Crippen LogP contribution in [0.1, 0.15) is 13.3 Å². The summed E-state index contributed by atoms with van der Waals surface area (Å²) in [4.78, 5) is 15.6. The Morgan fingerprint density at radius 2 is 2.40 bits per heavy atom. The Kier molecular flexibility index (Phi) is 2.98. The molecule has 2 unspecified atom stereocenters. The van der Waals surface area contributed by atoms with Crippen molar-refractivity contribution < 1.29 is 4.79 Å². The van der Waals surface area contributed by atoms with Crippen LogP contribution in [-0.2, 0) is 4.79 Å². The number of anilines is 1. The minimum Gasteiger partial charge on any atom is -0.323 e. The Morgan fingerprint density at radius 3 is 3.00 bits per heavy atom. The number of rotatable bonds is 2. The van der Waals surface area contributed by atoms with Crippen molar-refractivity contribution in [3.05, 3.63) is 21.9 Å². The topological polar surface area (TPSA) is 42.0 Å². The van der Waals surface area contributed by atoms with Crippen molar-refractivity contribution in [2.24, 2.45) is 11.8 Å². The third-order valence-electron chi connectivity index (χ3n) is 2.51. The van der Waals surface area contributed by atoms with E-state index in [9.17, 15) is 4.79 Å². The van der Waals surface area contributed by atoms with Gasteiger partial charge in [0, 0.05) is 12.1 Å². The second-order valence-corrected chi connectivity index (χ2v) is 4.99. The van der Waals surface area contributed by atoms with Crippen LogP contribution >= 0.6 is 27.5 Å². The zero-order valence-corrected chi connectivity index (χ0v) is 10.5. The SMILES string of the molecule is CC1CC1C(=O)Nc1cc(Cl)cnc1Br. The normalized spacial score (nSPS) is 23.7. The van der Waals surface area contributed by atoms with Gasteiger partial charge >= 0.3 is 0 Å². The molecule has 1 aromatic heterocycles. The lowest BCUT2D eigenvalue weighted by molar-refractivity contribution is -0.117. The molecule has 1 heterocycles. The largest absolute Gasteiger partial charge is 0.323 e. The molecule has 1 aromatic rings. The standard InChI is InChI=1S/C10H10BrClN2O/c1-5-2-7(5)10(15)14-8-3-6(12)4-13-9(8)11/h3-5,7H,2H2,1H3,(H,14,15). The first-order valence-electron chi connectivity index (χ1n) is 4.70. The molecule has 5 heteroatoms. The van der Waals surface area contributed by atoms with Gasteiger partial charge in [-0.3, -0.25) is 4.79 Å². The van der Waals surface area contributed by atoms with E-state index in [2.05, 4.69) is 33.2 Å². The number of halogens is 2. The van der Waals surface area contributed by atoms with Crippen LogP contribution in [0, 0.1) is 11.8 Å². The van der Waals surface area contributed by atoms with Crippen LogP contribution in [0.25, 0.3) is 0 Å². The van der Waals surface area contributed by atoms with Gasteiger partial charge in [0.2, 0.25) is 5.91 Å². The van der Waals surface area contributed by atoms with E-state index >= 15 is 0 Å². The zero-order valence-electron chi connectivity index (χ0n) is 8.13. The molecule has 0 radical (unpaired) electrons. The molecule has 1 amide bonds. The van der Waals surface area contributed by atoms with Gasteiger partial charge in [0.15, 0.2) is 0 Å². The minimum atomic E-state index is 0.0484. The van der Waals surface area contributed by atoms with Gasteiger partial charge in [-0.15, -0.1) is 0 Å². The van der Waals surface area contributed by atoms with Crippen LogP contribution in [0.3, 0.4) is 0 Å². The van der Waals surface area contributed by atoms with Gasteiger partial charge in [-0.05, 0) is 34.3 Å².